The van der Waals surface area contributed by atoms with E-state index in [1.165, 1.54) is 42.7 Å². The van der Waals surface area contributed by atoms with Crippen LogP contribution in [0, 0.1) is 6.92 Å². The molecule has 3 amide bonds. The van der Waals surface area contributed by atoms with E-state index in [2.05, 4.69) is 5.32 Å². The van der Waals surface area contributed by atoms with Crippen molar-refractivity contribution in [2.75, 3.05) is 5.32 Å². The molecule has 2 heterocycles. The third-order valence-electron chi connectivity index (χ3n) is 4.48. The Labute approximate surface area is 174 Å². The molecule has 0 saturated carbocycles. The van der Waals surface area contributed by atoms with Crippen molar-refractivity contribution in [1.82, 2.24) is 5.06 Å². The van der Waals surface area contributed by atoms with Crippen molar-refractivity contribution in [1.29, 1.82) is 0 Å². The average molecular weight is 425 g/mol. The zero-order chi connectivity index (χ0) is 21.4. The molecule has 1 aliphatic rings. The fraction of sp³-hybridized carbons (Fsp3) is 0.0476. The number of hydroxylamine groups is 2. The maximum Gasteiger partial charge on any atom is 0.366 e. The molecule has 1 N–H and O–H groups in total. The number of hydrogen-bond donors (Lipinski definition) is 1. The number of carbonyl (C=O) groups is 4. The van der Waals surface area contributed by atoms with E-state index in [4.69, 9.17) is 20.9 Å². The van der Waals surface area contributed by atoms with E-state index in [0.717, 1.165) is 0 Å². The van der Waals surface area contributed by atoms with Crippen LogP contribution in [0.3, 0.4) is 0 Å². The number of halogens is 1. The number of furan rings is 1. The first-order chi connectivity index (χ1) is 14.4. The van der Waals surface area contributed by atoms with Crippen LogP contribution in [0.15, 0.2) is 59.2 Å². The van der Waals surface area contributed by atoms with Crippen LogP contribution in [0.4, 0.5) is 5.69 Å². The van der Waals surface area contributed by atoms with Crippen molar-refractivity contribution in [3.63, 3.8) is 0 Å². The van der Waals surface area contributed by atoms with Crippen molar-refractivity contribution < 1.29 is 28.4 Å². The van der Waals surface area contributed by atoms with Gasteiger partial charge in [-0.3, -0.25) is 14.4 Å². The number of amides is 3. The lowest BCUT2D eigenvalue weighted by Crippen LogP contribution is -2.33. The van der Waals surface area contributed by atoms with E-state index in [-0.39, 0.29) is 33.0 Å². The number of nitrogens with one attached hydrogen (secondary N) is 1. The lowest BCUT2D eigenvalue weighted by molar-refractivity contribution is -0.0583. The van der Waals surface area contributed by atoms with Gasteiger partial charge in [0, 0.05) is 5.02 Å². The van der Waals surface area contributed by atoms with Gasteiger partial charge in [0.25, 0.3) is 17.7 Å². The second-order valence-electron chi connectivity index (χ2n) is 6.36. The van der Waals surface area contributed by atoms with Crippen molar-refractivity contribution >= 4 is 41.0 Å². The van der Waals surface area contributed by atoms with E-state index in [0.29, 0.717) is 10.8 Å². The van der Waals surface area contributed by atoms with Gasteiger partial charge in [0.2, 0.25) is 0 Å². The summed E-state index contributed by atoms with van der Waals surface area (Å²) in [7, 11) is 0. The monoisotopic (exact) mass is 424 g/mol. The fourth-order valence-electron chi connectivity index (χ4n) is 2.99. The van der Waals surface area contributed by atoms with Crippen LogP contribution in [0.5, 0.6) is 0 Å². The van der Waals surface area contributed by atoms with Crippen molar-refractivity contribution in [2.24, 2.45) is 0 Å². The molecular weight excluding hydrogens is 412 g/mol. The van der Waals surface area contributed by atoms with Gasteiger partial charge in [-0.15, -0.1) is 0 Å². The Morgan fingerprint density at radius 2 is 1.67 bits per heavy atom. The highest BCUT2D eigenvalue weighted by molar-refractivity contribution is 6.31. The first-order valence-corrected chi connectivity index (χ1v) is 9.09. The summed E-state index contributed by atoms with van der Waals surface area (Å²) in [4.78, 5) is 55.1. The molecule has 0 atom stereocenters. The summed E-state index contributed by atoms with van der Waals surface area (Å²) >= 11 is 6.00. The van der Waals surface area contributed by atoms with Crippen LogP contribution in [-0.2, 0) is 4.84 Å². The molecule has 0 radical (unpaired) electrons. The number of rotatable bonds is 4. The lowest BCUT2D eigenvalue weighted by atomic mass is 10.1. The molecule has 0 aliphatic carbocycles. The summed E-state index contributed by atoms with van der Waals surface area (Å²) in [6.07, 6.45) is 1.36. The molecule has 0 fully saturated rings. The number of nitrogens with zero attached hydrogens (tertiary/aromatic N) is 1. The number of anilines is 1. The molecular formula is C21H13ClN2O6. The SMILES string of the molecule is Cc1occc1C(=O)Nc1cc(Cl)ccc1C(=O)ON1C(=O)c2ccccc2C1=O. The van der Waals surface area contributed by atoms with E-state index < -0.39 is 23.7 Å². The molecule has 2 aromatic carbocycles. The van der Waals surface area contributed by atoms with Crippen molar-refractivity contribution in [3.8, 4) is 0 Å². The second kappa shape index (κ2) is 7.49. The Balaban J connectivity index is 1.59. The van der Waals surface area contributed by atoms with Crippen LogP contribution in [0.1, 0.15) is 47.2 Å². The molecule has 0 saturated heterocycles. The summed E-state index contributed by atoms with van der Waals surface area (Å²) in [5.41, 5.74) is 0.500. The smallest absolute Gasteiger partial charge is 0.366 e. The first kappa shape index (κ1) is 19.4. The fourth-order valence-corrected chi connectivity index (χ4v) is 3.16. The van der Waals surface area contributed by atoms with E-state index in [1.807, 2.05) is 0 Å². The third-order valence-corrected chi connectivity index (χ3v) is 4.72. The van der Waals surface area contributed by atoms with E-state index in [9.17, 15) is 19.2 Å². The van der Waals surface area contributed by atoms with Gasteiger partial charge in [0.15, 0.2) is 0 Å². The highest BCUT2D eigenvalue weighted by Crippen LogP contribution is 2.27. The molecule has 0 spiro atoms. The van der Waals surface area contributed by atoms with E-state index >= 15 is 0 Å². The Bertz CT molecular complexity index is 1180. The maximum atomic E-state index is 12.7. The second-order valence-corrected chi connectivity index (χ2v) is 6.80. The number of aryl methyl sites for hydroxylation is 1. The molecule has 1 aromatic heterocycles. The van der Waals surface area contributed by atoms with Gasteiger partial charge in [0.05, 0.1) is 34.2 Å². The van der Waals surface area contributed by atoms with Gasteiger partial charge in [-0.25, -0.2) is 4.79 Å². The number of hydrogen-bond acceptors (Lipinski definition) is 6. The molecule has 0 unspecified atom stereocenters. The Hall–Kier alpha value is -3.91. The topological polar surface area (TPSA) is 106 Å². The minimum Gasteiger partial charge on any atom is -0.469 e. The summed E-state index contributed by atoms with van der Waals surface area (Å²) in [5.74, 6) is -2.65. The minimum absolute atomic E-state index is 0.0507. The van der Waals surface area contributed by atoms with Gasteiger partial charge in [-0.05, 0) is 43.3 Å². The maximum absolute atomic E-state index is 12.7. The van der Waals surface area contributed by atoms with Crippen LogP contribution >= 0.6 is 11.6 Å². The number of benzene rings is 2. The summed E-state index contributed by atoms with van der Waals surface area (Å²) in [6.45, 7) is 1.62. The number of imide groups is 1. The largest absolute Gasteiger partial charge is 0.469 e. The molecule has 4 rings (SSSR count). The average Bonchev–Trinajstić information content (AvgIpc) is 3.25. The molecule has 3 aromatic rings. The number of carbonyl (C=O) groups excluding carboxylic acids is 4. The third kappa shape index (κ3) is 3.33. The molecule has 8 nitrogen and oxygen atoms in total. The Morgan fingerprint density at radius 1 is 1.00 bits per heavy atom. The van der Waals surface area contributed by atoms with Gasteiger partial charge < -0.3 is 14.6 Å². The molecule has 0 bridgehead atoms. The van der Waals surface area contributed by atoms with Gasteiger partial charge >= 0.3 is 5.97 Å². The van der Waals surface area contributed by atoms with Crippen molar-refractivity contribution in [2.45, 2.75) is 6.92 Å². The summed E-state index contributed by atoms with van der Waals surface area (Å²) in [5, 5.41) is 3.22. The normalized spacial score (nSPS) is 12.7. The predicted octanol–water partition coefficient (Wildman–Crippen LogP) is 3.86. The standard InChI is InChI=1S/C21H13ClN2O6/c1-11-13(8-9-29-11)18(25)23-17-10-12(22)6-7-16(17)21(28)30-24-19(26)14-4-2-3-5-15(14)20(24)27/h2-10H,1H3,(H,23,25). The van der Waals surface area contributed by atoms with Crippen LogP contribution in [0.25, 0.3) is 0 Å². The van der Waals surface area contributed by atoms with Crippen molar-refractivity contribution in [3.05, 3.63) is 87.8 Å². The minimum atomic E-state index is -1.01. The zero-order valence-electron chi connectivity index (χ0n) is 15.5. The molecule has 150 valence electrons. The lowest BCUT2D eigenvalue weighted by Gasteiger charge is -2.15. The van der Waals surface area contributed by atoms with Crippen LogP contribution in [0.2, 0.25) is 5.02 Å². The summed E-state index contributed by atoms with van der Waals surface area (Å²) in [6, 6.07) is 11.7. The molecule has 1 aliphatic heterocycles. The quantitative estimate of drug-likeness (QED) is 0.637. The molecule has 9 heteroatoms. The van der Waals surface area contributed by atoms with Gasteiger partial charge in [-0.1, -0.05) is 28.8 Å². The Morgan fingerprint density at radius 3 is 2.27 bits per heavy atom. The molecule has 30 heavy (non-hydrogen) atoms. The summed E-state index contributed by atoms with van der Waals surface area (Å²) < 4.78 is 5.11. The predicted molar refractivity (Wildman–Crippen MR) is 105 cm³/mol. The number of fused-ring (bicyclic) bond motifs is 1. The van der Waals surface area contributed by atoms with Crippen LogP contribution < -0.4 is 5.32 Å². The Kier molecular flexibility index (Phi) is 4.85. The highest BCUT2D eigenvalue weighted by atomic mass is 35.5. The van der Waals surface area contributed by atoms with Gasteiger partial charge in [0.1, 0.15) is 5.76 Å². The van der Waals surface area contributed by atoms with Gasteiger partial charge in [-0.2, -0.15) is 0 Å². The van der Waals surface area contributed by atoms with Crippen LogP contribution in [-0.4, -0.2) is 28.8 Å². The highest BCUT2D eigenvalue weighted by Gasteiger charge is 2.39. The zero-order valence-corrected chi connectivity index (χ0v) is 16.2. The van der Waals surface area contributed by atoms with E-state index in [1.54, 1.807) is 19.1 Å². The first-order valence-electron chi connectivity index (χ1n) is 8.72.